The van der Waals surface area contributed by atoms with Gasteiger partial charge in [-0.25, -0.2) is 12.7 Å². The van der Waals surface area contributed by atoms with E-state index in [1.807, 2.05) is 0 Å². The molecule has 1 saturated heterocycles. The van der Waals surface area contributed by atoms with Gasteiger partial charge in [-0.15, -0.1) is 11.8 Å². The second kappa shape index (κ2) is 7.84. The van der Waals surface area contributed by atoms with Gasteiger partial charge in [-0.3, -0.25) is 9.59 Å². The topological polar surface area (TPSA) is 104 Å². The Bertz CT molecular complexity index is 444. The van der Waals surface area contributed by atoms with Crippen molar-refractivity contribution in [3.8, 4) is 0 Å². The molecule has 0 aromatic heterocycles. The molecule has 9 heteroatoms. The van der Waals surface area contributed by atoms with E-state index in [9.17, 15) is 18.0 Å². The minimum atomic E-state index is -3.15. The fraction of sp³-hybridized carbons (Fsp3) is 0.818. The molecule has 0 atom stereocenters. The predicted molar refractivity (Wildman–Crippen MR) is 77.2 cm³/mol. The highest BCUT2D eigenvalue weighted by molar-refractivity contribution is 8.00. The van der Waals surface area contributed by atoms with Gasteiger partial charge >= 0.3 is 5.97 Å². The standard InChI is InChI=1S/C11H20N2O5S2/c1-2-20(17,18)13-5-3-9(4-6-13)12-10(14)7-19-8-11(15)16/h9H,2-8H2,1H3,(H,12,14)(H,15,16). The Morgan fingerprint density at radius 1 is 1.30 bits per heavy atom. The highest BCUT2D eigenvalue weighted by Gasteiger charge is 2.27. The van der Waals surface area contributed by atoms with E-state index >= 15 is 0 Å². The quantitative estimate of drug-likeness (QED) is 0.668. The van der Waals surface area contributed by atoms with E-state index in [-0.39, 0.29) is 29.2 Å². The Labute approximate surface area is 123 Å². The fourth-order valence-electron chi connectivity index (χ4n) is 1.96. The van der Waals surface area contributed by atoms with Crippen LogP contribution in [-0.4, -0.2) is 66.1 Å². The van der Waals surface area contributed by atoms with Crippen LogP contribution in [0.4, 0.5) is 0 Å². The normalized spacial score (nSPS) is 17.9. The molecule has 1 aliphatic rings. The number of hydrogen-bond donors (Lipinski definition) is 2. The lowest BCUT2D eigenvalue weighted by atomic mass is 10.1. The lowest BCUT2D eigenvalue weighted by molar-refractivity contribution is -0.133. The lowest BCUT2D eigenvalue weighted by Crippen LogP contribution is -2.47. The van der Waals surface area contributed by atoms with Crippen molar-refractivity contribution in [1.82, 2.24) is 9.62 Å². The number of nitrogens with zero attached hydrogens (tertiary/aromatic N) is 1. The van der Waals surface area contributed by atoms with Crippen molar-refractivity contribution >= 4 is 33.7 Å². The summed E-state index contributed by atoms with van der Waals surface area (Å²) in [6, 6.07) is -0.0313. The number of carboxylic acid groups (broad SMARTS) is 1. The number of amides is 1. The number of carboxylic acids is 1. The summed E-state index contributed by atoms with van der Waals surface area (Å²) >= 11 is 1.05. The van der Waals surface area contributed by atoms with E-state index < -0.39 is 16.0 Å². The molecule has 0 radical (unpaired) electrons. The number of piperidine rings is 1. The van der Waals surface area contributed by atoms with Gasteiger partial charge in [0, 0.05) is 19.1 Å². The van der Waals surface area contributed by atoms with Gasteiger partial charge in [0.25, 0.3) is 0 Å². The largest absolute Gasteiger partial charge is 0.481 e. The molecule has 0 bridgehead atoms. The molecule has 1 rings (SSSR count). The third-order valence-electron chi connectivity index (χ3n) is 3.04. The van der Waals surface area contributed by atoms with E-state index in [4.69, 9.17) is 5.11 Å². The highest BCUT2D eigenvalue weighted by Crippen LogP contribution is 2.14. The van der Waals surface area contributed by atoms with Crippen LogP contribution in [0.1, 0.15) is 19.8 Å². The Hall–Kier alpha value is -0.800. The number of hydrogen-bond acceptors (Lipinski definition) is 5. The molecule has 1 heterocycles. The summed E-state index contributed by atoms with van der Waals surface area (Å²) in [5.74, 6) is -1.04. The second-order valence-electron chi connectivity index (χ2n) is 4.53. The molecule has 0 aliphatic carbocycles. The molecule has 0 saturated carbocycles. The maximum Gasteiger partial charge on any atom is 0.313 e. The van der Waals surface area contributed by atoms with Crippen LogP contribution in [0.25, 0.3) is 0 Å². The number of nitrogens with one attached hydrogen (secondary N) is 1. The third kappa shape index (κ3) is 5.68. The molecule has 0 spiro atoms. The lowest BCUT2D eigenvalue weighted by Gasteiger charge is -2.31. The van der Waals surface area contributed by atoms with Crippen LogP contribution in [0, 0.1) is 0 Å². The summed E-state index contributed by atoms with van der Waals surface area (Å²) in [6.07, 6.45) is 1.18. The first-order chi connectivity index (χ1) is 9.35. The molecule has 0 aromatic rings. The summed E-state index contributed by atoms with van der Waals surface area (Å²) in [5, 5.41) is 11.3. The molecule has 0 aromatic carbocycles. The van der Waals surface area contributed by atoms with Crippen LogP contribution in [0.15, 0.2) is 0 Å². The van der Waals surface area contributed by atoms with Gasteiger partial charge in [0.2, 0.25) is 15.9 Å². The zero-order valence-electron chi connectivity index (χ0n) is 11.4. The van der Waals surface area contributed by atoms with Crippen molar-refractivity contribution in [2.75, 3.05) is 30.3 Å². The first-order valence-corrected chi connectivity index (χ1v) is 9.18. The maximum absolute atomic E-state index is 11.7. The fourth-order valence-corrected chi connectivity index (χ4v) is 3.64. The maximum atomic E-state index is 11.7. The molecular formula is C11H20N2O5S2. The van der Waals surface area contributed by atoms with E-state index in [0.717, 1.165) is 11.8 Å². The molecule has 1 fully saturated rings. The van der Waals surface area contributed by atoms with Crippen LogP contribution in [0.5, 0.6) is 0 Å². The number of aliphatic carboxylic acids is 1. The van der Waals surface area contributed by atoms with Crippen LogP contribution in [-0.2, 0) is 19.6 Å². The third-order valence-corrected chi connectivity index (χ3v) is 5.83. The smallest absolute Gasteiger partial charge is 0.313 e. The van der Waals surface area contributed by atoms with E-state index in [1.165, 1.54) is 4.31 Å². The number of thioether (sulfide) groups is 1. The average Bonchev–Trinajstić information content (AvgIpc) is 2.39. The summed E-state index contributed by atoms with van der Waals surface area (Å²) in [7, 11) is -3.15. The van der Waals surface area contributed by atoms with Gasteiger partial charge < -0.3 is 10.4 Å². The van der Waals surface area contributed by atoms with E-state index in [0.29, 0.717) is 25.9 Å². The minimum Gasteiger partial charge on any atom is -0.481 e. The van der Waals surface area contributed by atoms with Crippen LogP contribution in [0.3, 0.4) is 0 Å². The van der Waals surface area contributed by atoms with Gasteiger partial charge in [0.15, 0.2) is 0 Å². The first-order valence-electron chi connectivity index (χ1n) is 6.42. The SMILES string of the molecule is CCS(=O)(=O)N1CCC(NC(=O)CSCC(=O)O)CC1. The first kappa shape index (κ1) is 17.3. The number of carbonyl (C=O) groups is 2. The predicted octanol–water partition coefficient (Wildman–Crippen LogP) is -0.265. The molecule has 1 aliphatic heterocycles. The van der Waals surface area contributed by atoms with Crippen molar-refractivity contribution in [2.45, 2.75) is 25.8 Å². The molecular weight excluding hydrogens is 304 g/mol. The summed E-state index contributed by atoms with van der Waals surface area (Å²) < 4.78 is 24.8. The highest BCUT2D eigenvalue weighted by atomic mass is 32.2. The number of rotatable bonds is 7. The van der Waals surface area contributed by atoms with Gasteiger partial charge in [-0.1, -0.05) is 0 Å². The van der Waals surface area contributed by atoms with Crippen molar-refractivity contribution < 1.29 is 23.1 Å². The zero-order chi connectivity index (χ0) is 15.2. The zero-order valence-corrected chi connectivity index (χ0v) is 13.0. The van der Waals surface area contributed by atoms with Crippen LogP contribution >= 0.6 is 11.8 Å². The molecule has 116 valence electrons. The molecule has 20 heavy (non-hydrogen) atoms. The van der Waals surface area contributed by atoms with Crippen molar-refractivity contribution in [3.63, 3.8) is 0 Å². The molecule has 1 amide bonds. The van der Waals surface area contributed by atoms with E-state index in [1.54, 1.807) is 6.92 Å². The van der Waals surface area contributed by atoms with Gasteiger partial charge in [-0.05, 0) is 19.8 Å². The van der Waals surface area contributed by atoms with Crippen molar-refractivity contribution in [3.05, 3.63) is 0 Å². The molecule has 2 N–H and O–H groups in total. The summed E-state index contributed by atoms with van der Waals surface area (Å²) in [5.41, 5.74) is 0. The van der Waals surface area contributed by atoms with Crippen molar-refractivity contribution in [2.24, 2.45) is 0 Å². The van der Waals surface area contributed by atoms with E-state index in [2.05, 4.69) is 5.32 Å². The van der Waals surface area contributed by atoms with Gasteiger partial charge in [0.1, 0.15) is 0 Å². The van der Waals surface area contributed by atoms with Gasteiger partial charge in [-0.2, -0.15) is 0 Å². The van der Waals surface area contributed by atoms with Crippen LogP contribution < -0.4 is 5.32 Å². The summed E-state index contributed by atoms with van der Waals surface area (Å²) in [4.78, 5) is 21.9. The van der Waals surface area contributed by atoms with Crippen molar-refractivity contribution in [1.29, 1.82) is 0 Å². The Morgan fingerprint density at radius 2 is 1.90 bits per heavy atom. The summed E-state index contributed by atoms with van der Waals surface area (Å²) in [6.45, 7) is 2.45. The second-order valence-corrected chi connectivity index (χ2v) is 7.77. The number of sulfonamides is 1. The number of carbonyl (C=O) groups excluding carboxylic acids is 1. The molecule has 7 nitrogen and oxygen atoms in total. The van der Waals surface area contributed by atoms with Crippen LogP contribution in [0.2, 0.25) is 0 Å². The minimum absolute atomic E-state index is 0.0313. The monoisotopic (exact) mass is 324 g/mol. The Morgan fingerprint density at radius 3 is 2.40 bits per heavy atom. The Kier molecular flexibility index (Phi) is 6.77. The van der Waals surface area contributed by atoms with Gasteiger partial charge in [0.05, 0.1) is 17.3 Å². The Balaban J connectivity index is 2.28. The average molecular weight is 324 g/mol. The molecule has 0 unspecified atom stereocenters.